The SMILES string of the molecule is CN(C)[C@@H]([C]1[CH][CH][CH][C]1Br)c1ccccc1.C[C]1[CH][CH][C]([C@@H](c2ccccc2)N(C)C)[C]1Br.[Fe]. The van der Waals surface area contributed by atoms with Crippen LogP contribution in [0.4, 0.5) is 0 Å². The molecule has 0 amide bonds. The Bertz CT molecular complexity index is 817. The van der Waals surface area contributed by atoms with Crippen LogP contribution in [-0.2, 0) is 17.1 Å². The molecule has 0 spiro atoms. The topological polar surface area (TPSA) is 6.48 Å². The molecule has 0 unspecified atom stereocenters. The van der Waals surface area contributed by atoms with Gasteiger partial charge in [-0.2, -0.15) is 0 Å². The first kappa shape index (κ1) is 30.1. The summed E-state index contributed by atoms with van der Waals surface area (Å²) in [5.74, 6) is 3.94. The van der Waals surface area contributed by atoms with Gasteiger partial charge in [0.15, 0.2) is 0 Å². The van der Waals surface area contributed by atoms with Gasteiger partial charge in [0.1, 0.15) is 0 Å². The van der Waals surface area contributed by atoms with Crippen LogP contribution in [0.3, 0.4) is 0 Å². The number of benzene rings is 2. The van der Waals surface area contributed by atoms with Crippen molar-refractivity contribution < 1.29 is 17.1 Å². The van der Waals surface area contributed by atoms with Crippen molar-refractivity contribution in [3.8, 4) is 0 Å². The van der Waals surface area contributed by atoms with Gasteiger partial charge in [0.25, 0.3) is 0 Å². The Morgan fingerprint density at radius 2 is 1.09 bits per heavy atom. The standard InChI is InChI=1S/C15H17BrN.C14H15BrN.Fe/c1-11-9-10-13(14(11)16)15(17(2)3)12-7-5-4-6-8-12;1-16(2)14(11-7-4-3-5-8-11)12-9-6-10-13(12)15;/h4-10,15H,1-3H3;3-10,14H,1-2H3;/t15-;14-;/m11./s1. The van der Waals surface area contributed by atoms with Crippen molar-refractivity contribution in [2.75, 3.05) is 28.2 Å². The Labute approximate surface area is 236 Å². The van der Waals surface area contributed by atoms with Crippen LogP contribution in [0.15, 0.2) is 60.7 Å². The minimum absolute atomic E-state index is 0. The molecule has 4 rings (SSSR count). The largest absolute Gasteiger partial charge is 0.302 e. The second-order valence-corrected chi connectivity index (χ2v) is 10.3. The molecule has 0 aliphatic heterocycles. The van der Waals surface area contributed by atoms with E-state index in [4.69, 9.17) is 0 Å². The predicted molar refractivity (Wildman–Crippen MR) is 147 cm³/mol. The molecule has 2 aliphatic carbocycles. The minimum Gasteiger partial charge on any atom is -0.302 e. The summed E-state index contributed by atoms with van der Waals surface area (Å²) < 4.78 is 0. The van der Waals surface area contributed by atoms with Crippen molar-refractivity contribution in [2.45, 2.75) is 19.0 Å². The predicted octanol–water partition coefficient (Wildman–Crippen LogP) is 7.22. The fourth-order valence-electron chi connectivity index (χ4n) is 4.22. The molecule has 0 N–H and O–H groups in total. The van der Waals surface area contributed by atoms with Crippen LogP contribution in [0, 0.1) is 59.5 Å². The molecule has 2 saturated carbocycles. The van der Waals surface area contributed by atoms with Crippen LogP contribution in [0.1, 0.15) is 30.1 Å². The van der Waals surface area contributed by atoms with Crippen molar-refractivity contribution in [3.63, 3.8) is 0 Å². The monoisotopic (exact) mass is 622 g/mol. The van der Waals surface area contributed by atoms with Gasteiger partial charge in [-0.25, -0.2) is 0 Å². The number of hydrogen-bond donors (Lipinski definition) is 0. The van der Waals surface area contributed by atoms with Gasteiger partial charge in [-0.15, -0.1) is 0 Å². The Balaban J connectivity index is 0.000000234. The average Bonchev–Trinajstić information content (AvgIpc) is 3.36. The van der Waals surface area contributed by atoms with Gasteiger partial charge in [0, 0.05) is 41.0 Å². The van der Waals surface area contributed by atoms with Crippen LogP contribution in [0.2, 0.25) is 0 Å². The normalized spacial score (nSPS) is 20.3. The second kappa shape index (κ2) is 14.5. The molecule has 2 aromatic rings. The van der Waals surface area contributed by atoms with Crippen molar-refractivity contribution in [1.82, 2.24) is 9.80 Å². The molecular weight excluding hydrogens is 592 g/mol. The zero-order valence-electron chi connectivity index (χ0n) is 20.3. The molecule has 180 valence electrons. The molecule has 0 aromatic heterocycles. The van der Waals surface area contributed by atoms with E-state index >= 15 is 0 Å². The Morgan fingerprint density at radius 1 is 0.618 bits per heavy atom. The molecule has 2 fully saturated rings. The van der Waals surface area contributed by atoms with E-state index in [2.05, 4.69) is 170 Å². The summed E-state index contributed by atoms with van der Waals surface area (Å²) in [5, 5.41) is 0. The summed E-state index contributed by atoms with van der Waals surface area (Å²) in [5.41, 5.74) is 2.64. The van der Waals surface area contributed by atoms with Gasteiger partial charge >= 0.3 is 0 Å². The van der Waals surface area contributed by atoms with Crippen LogP contribution >= 0.6 is 31.9 Å². The van der Waals surface area contributed by atoms with E-state index < -0.39 is 0 Å². The molecular formula is C29H32Br2FeN2. The second-order valence-electron chi connectivity index (χ2n) is 8.67. The van der Waals surface area contributed by atoms with Gasteiger partial charge < -0.3 is 9.80 Å². The van der Waals surface area contributed by atoms with E-state index in [-0.39, 0.29) is 17.1 Å². The first-order valence-corrected chi connectivity index (χ1v) is 12.6. The first-order valence-electron chi connectivity index (χ1n) is 11.1. The van der Waals surface area contributed by atoms with Crippen LogP contribution in [-0.4, -0.2) is 38.0 Å². The Kier molecular flexibility index (Phi) is 12.9. The third-order valence-corrected chi connectivity index (χ3v) is 7.56. The molecule has 5 heteroatoms. The smallest absolute Gasteiger partial charge is 0.0568 e. The molecule has 2 aliphatic rings. The molecule has 0 bridgehead atoms. The quantitative estimate of drug-likeness (QED) is 0.314. The fourth-order valence-corrected chi connectivity index (χ4v) is 5.20. The molecule has 2 atom stereocenters. The zero-order valence-corrected chi connectivity index (χ0v) is 24.6. The number of rotatable bonds is 6. The van der Waals surface area contributed by atoms with Gasteiger partial charge in [0.2, 0.25) is 0 Å². The van der Waals surface area contributed by atoms with Gasteiger partial charge in [-0.1, -0.05) is 99.4 Å². The molecule has 10 radical (unpaired) electrons. The summed E-state index contributed by atoms with van der Waals surface area (Å²) in [7, 11) is 8.45. The molecule has 2 aromatic carbocycles. The maximum Gasteiger partial charge on any atom is 0.0568 e. The Morgan fingerprint density at radius 3 is 1.44 bits per heavy atom. The summed E-state index contributed by atoms with van der Waals surface area (Å²) in [4.78, 5) is 6.87. The molecule has 2 nitrogen and oxygen atoms in total. The number of hydrogen-bond acceptors (Lipinski definition) is 2. The van der Waals surface area contributed by atoms with E-state index in [1.807, 2.05) is 0 Å². The third-order valence-electron chi connectivity index (χ3n) is 5.76. The van der Waals surface area contributed by atoms with E-state index in [9.17, 15) is 0 Å². The Hall–Kier alpha value is -0.161. The minimum atomic E-state index is 0. The van der Waals surface area contributed by atoms with E-state index in [1.165, 1.54) is 38.5 Å². The summed E-state index contributed by atoms with van der Waals surface area (Å²) in [6, 6.07) is 21.8. The van der Waals surface area contributed by atoms with Gasteiger partial charge in [-0.05, 0) is 77.3 Å². The van der Waals surface area contributed by atoms with Crippen LogP contribution in [0.25, 0.3) is 0 Å². The van der Waals surface area contributed by atoms with Crippen molar-refractivity contribution in [2.24, 2.45) is 0 Å². The van der Waals surface area contributed by atoms with Crippen molar-refractivity contribution in [3.05, 3.63) is 131 Å². The average molecular weight is 624 g/mol. The maximum absolute atomic E-state index is 3.69. The van der Waals surface area contributed by atoms with Crippen molar-refractivity contribution in [1.29, 1.82) is 0 Å². The van der Waals surface area contributed by atoms with Gasteiger partial charge in [-0.3, -0.25) is 0 Å². The third kappa shape index (κ3) is 7.67. The van der Waals surface area contributed by atoms with Crippen LogP contribution in [0.5, 0.6) is 0 Å². The fraction of sp³-hybridized carbons (Fsp3) is 0.241. The molecule has 0 heterocycles. The summed E-state index contributed by atoms with van der Waals surface area (Å²) in [6.07, 6.45) is 10.7. The first-order chi connectivity index (χ1) is 15.8. The van der Waals surface area contributed by atoms with Gasteiger partial charge in [0.05, 0.1) is 9.65 Å². The number of halogens is 2. The van der Waals surface area contributed by atoms with E-state index in [1.54, 1.807) is 0 Å². The maximum atomic E-state index is 3.69. The number of nitrogens with zero attached hydrogens (tertiary/aromatic N) is 2. The zero-order chi connectivity index (χ0) is 24.0. The molecule has 0 saturated heterocycles. The van der Waals surface area contributed by atoms with Crippen molar-refractivity contribution >= 4 is 31.9 Å². The summed E-state index contributed by atoms with van der Waals surface area (Å²) in [6.45, 7) is 2.13. The molecule has 34 heavy (non-hydrogen) atoms. The van der Waals surface area contributed by atoms with Crippen LogP contribution < -0.4 is 0 Å². The van der Waals surface area contributed by atoms with E-state index in [0.29, 0.717) is 12.1 Å². The summed E-state index contributed by atoms with van der Waals surface area (Å²) >= 11 is 7.30. The van der Waals surface area contributed by atoms with E-state index in [0.717, 1.165) is 0 Å².